The van der Waals surface area contributed by atoms with E-state index in [2.05, 4.69) is 15.5 Å². The van der Waals surface area contributed by atoms with E-state index in [4.69, 9.17) is 23.1 Å². The van der Waals surface area contributed by atoms with Crippen molar-refractivity contribution >= 4 is 35.0 Å². The second kappa shape index (κ2) is 11.4. The number of nitrogens with zero attached hydrogens (tertiary/aromatic N) is 1. The van der Waals surface area contributed by atoms with E-state index in [0.29, 0.717) is 17.2 Å². The Morgan fingerprint density at radius 1 is 1.09 bits per heavy atom. The van der Waals surface area contributed by atoms with Crippen LogP contribution in [0.3, 0.4) is 0 Å². The number of nitrogens with two attached hydrogens (primary N) is 2. The molecule has 0 spiro atoms. The Morgan fingerprint density at radius 2 is 1.71 bits per heavy atom. The van der Waals surface area contributed by atoms with E-state index in [0.717, 1.165) is 38.0 Å². The maximum Gasteiger partial charge on any atom is 0.316 e. The van der Waals surface area contributed by atoms with Gasteiger partial charge in [0, 0.05) is 17.6 Å². The summed E-state index contributed by atoms with van der Waals surface area (Å²) in [5.41, 5.74) is 11.6. The van der Waals surface area contributed by atoms with Crippen molar-refractivity contribution in [1.82, 2.24) is 10.2 Å². The number of likely N-dealkylation sites (tertiary alicyclic amines) is 1. The van der Waals surface area contributed by atoms with Crippen LogP contribution >= 0.6 is 11.6 Å². The molecule has 2 aromatic rings. The van der Waals surface area contributed by atoms with E-state index < -0.39 is 29.6 Å². The number of anilines is 1. The molecule has 34 heavy (non-hydrogen) atoms. The zero-order chi connectivity index (χ0) is 24.8. The third kappa shape index (κ3) is 6.72. The summed E-state index contributed by atoms with van der Waals surface area (Å²) in [5.74, 6) is -3.84. The predicted molar refractivity (Wildman–Crippen MR) is 124 cm³/mol. The number of urea groups is 1. The summed E-state index contributed by atoms with van der Waals surface area (Å²) in [7, 11) is 0. The Kier molecular flexibility index (Phi) is 8.54. The fourth-order valence-electron chi connectivity index (χ4n) is 3.93. The van der Waals surface area contributed by atoms with Crippen molar-refractivity contribution in [3.8, 4) is 0 Å². The Balaban J connectivity index is 1.51. The first-order valence-corrected chi connectivity index (χ1v) is 11.1. The highest BCUT2D eigenvalue weighted by Crippen LogP contribution is 2.23. The van der Waals surface area contributed by atoms with Crippen molar-refractivity contribution in [1.29, 1.82) is 0 Å². The van der Waals surface area contributed by atoms with Gasteiger partial charge in [-0.05, 0) is 55.6 Å². The Hall–Kier alpha value is -3.08. The molecule has 0 radical (unpaired) electrons. The first-order valence-electron chi connectivity index (χ1n) is 10.7. The monoisotopic (exact) mass is 493 g/mol. The highest BCUT2D eigenvalue weighted by atomic mass is 35.5. The molecule has 8 nitrogen and oxygen atoms in total. The molecule has 1 unspecified atom stereocenters. The summed E-state index contributed by atoms with van der Waals surface area (Å²) < 4.78 is 27.1. The van der Waals surface area contributed by atoms with Crippen molar-refractivity contribution in [3.05, 3.63) is 64.2 Å². The number of benzene rings is 2. The molecule has 182 valence electrons. The number of piperidine rings is 1. The Labute approximate surface area is 200 Å². The molecule has 1 heterocycles. The van der Waals surface area contributed by atoms with Crippen LogP contribution in [0, 0.1) is 17.6 Å². The van der Waals surface area contributed by atoms with Crippen LogP contribution in [-0.4, -0.2) is 48.3 Å². The van der Waals surface area contributed by atoms with E-state index in [1.165, 1.54) is 0 Å². The highest BCUT2D eigenvalue weighted by molar-refractivity contribution is 6.30. The van der Waals surface area contributed by atoms with Gasteiger partial charge < -0.3 is 22.1 Å². The first kappa shape index (κ1) is 25.5. The maximum absolute atomic E-state index is 13.6. The van der Waals surface area contributed by atoms with Crippen LogP contribution in [0.1, 0.15) is 28.8 Å². The molecule has 0 saturated carbocycles. The summed E-state index contributed by atoms with van der Waals surface area (Å²) >= 11 is 5.92. The van der Waals surface area contributed by atoms with Crippen LogP contribution in [0.25, 0.3) is 0 Å². The SMILES string of the molecule is NC(=O)Nc1cc(F)c(F)cc1C(=O)NCC(=O)C(N)C1CCN(Cc2ccc(Cl)cc2)CC1. The summed E-state index contributed by atoms with van der Waals surface area (Å²) in [6.07, 6.45) is 1.45. The first-order chi connectivity index (χ1) is 16.1. The average Bonchev–Trinajstić information content (AvgIpc) is 2.80. The number of halogens is 3. The van der Waals surface area contributed by atoms with Gasteiger partial charge >= 0.3 is 6.03 Å². The molecule has 2 aromatic carbocycles. The smallest absolute Gasteiger partial charge is 0.316 e. The zero-order valence-electron chi connectivity index (χ0n) is 18.3. The number of nitrogens with one attached hydrogen (secondary N) is 2. The largest absolute Gasteiger partial charge is 0.351 e. The van der Waals surface area contributed by atoms with E-state index in [9.17, 15) is 23.2 Å². The number of hydrogen-bond acceptors (Lipinski definition) is 5. The molecule has 11 heteroatoms. The van der Waals surface area contributed by atoms with E-state index in [1.807, 2.05) is 24.3 Å². The molecule has 1 atom stereocenters. The van der Waals surface area contributed by atoms with Gasteiger partial charge in [0.1, 0.15) is 0 Å². The molecule has 0 bridgehead atoms. The molecule has 1 aliphatic heterocycles. The maximum atomic E-state index is 13.6. The molecule has 0 aliphatic carbocycles. The van der Waals surface area contributed by atoms with Crippen molar-refractivity contribution in [2.75, 3.05) is 25.0 Å². The van der Waals surface area contributed by atoms with Crippen LogP contribution in [0.5, 0.6) is 0 Å². The molecule has 3 amide bonds. The van der Waals surface area contributed by atoms with Gasteiger partial charge in [-0.15, -0.1) is 0 Å². The van der Waals surface area contributed by atoms with Gasteiger partial charge in [0.05, 0.1) is 23.8 Å². The minimum Gasteiger partial charge on any atom is -0.351 e. The summed E-state index contributed by atoms with van der Waals surface area (Å²) in [4.78, 5) is 38.4. The Morgan fingerprint density at radius 3 is 2.32 bits per heavy atom. The average molecular weight is 494 g/mol. The lowest BCUT2D eigenvalue weighted by atomic mass is 9.87. The van der Waals surface area contributed by atoms with Gasteiger partial charge in [-0.2, -0.15) is 0 Å². The van der Waals surface area contributed by atoms with Crippen molar-refractivity contribution in [3.63, 3.8) is 0 Å². The lowest BCUT2D eigenvalue weighted by Crippen LogP contribution is -2.47. The van der Waals surface area contributed by atoms with Gasteiger partial charge in [-0.3, -0.25) is 14.5 Å². The van der Waals surface area contributed by atoms with Crippen LogP contribution in [0.15, 0.2) is 36.4 Å². The van der Waals surface area contributed by atoms with Gasteiger partial charge in [-0.25, -0.2) is 13.6 Å². The molecule has 6 N–H and O–H groups in total. The number of carbonyl (C=O) groups is 3. The highest BCUT2D eigenvalue weighted by Gasteiger charge is 2.29. The number of carbonyl (C=O) groups excluding carboxylic acids is 3. The minimum absolute atomic E-state index is 0.0405. The topological polar surface area (TPSA) is 131 Å². The third-order valence-corrected chi connectivity index (χ3v) is 6.07. The fourth-order valence-corrected chi connectivity index (χ4v) is 4.06. The third-order valence-electron chi connectivity index (χ3n) is 5.82. The number of amides is 3. The summed E-state index contributed by atoms with van der Waals surface area (Å²) in [6.45, 7) is 1.94. The van der Waals surface area contributed by atoms with Crippen molar-refractivity contribution in [2.24, 2.45) is 17.4 Å². The molecule has 0 aromatic heterocycles. The number of primary amides is 1. The molecule has 1 aliphatic rings. The van der Waals surface area contributed by atoms with Crippen molar-refractivity contribution in [2.45, 2.75) is 25.4 Å². The molecular weight excluding hydrogens is 468 g/mol. The number of ketones is 1. The number of rotatable bonds is 8. The Bertz CT molecular complexity index is 1060. The van der Waals surface area contributed by atoms with Crippen molar-refractivity contribution < 1.29 is 23.2 Å². The second-order valence-electron chi connectivity index (χ2n) is 8.22. The molecule has 3 rings (SSSR count). The van der Waals surface area contributed by atoms with Crippen LogP contribution in [-0.2, 0) is 11.3 Å². The van der Waals surface area contributed by atoms with Gasteiger partial charge in [0.15, 0.2) is 17.4 Å². The quantitative estimate of drug-likeness (QED) is 0.449. The predicted octanol–water partition coefficient (Wildman–Crippen LogP) is 2.65. The van der Waals surface area contributed by atoms with Crippen LogP contribution in [0.2, 0.25) is 5.02 Å². The molecule has 1 saturated heterocycles. The molecule has 1 fully saturated rings. The molecular formula is C23H26ClF2N5O3. The second-order valence-corrected chi connectivity index (χ2v) is 8.65. The number of hydrogen-bond donors (Lipinski definition) is 4. The normalized spacial score (nSPS) is 15.5. The van der Waals surface area contributed by atoms with E-state index in [-0.39, 0.29) is 29.5 Å². The van der Waals surface area contributed by atoms with E-state index in [1.54, 1.807) is 0 Å². The van der Waals surface area contributed by atoms with Gasteiger partial charge in [-0.1, -0.05) is 23.7 Å². The van der Waals surface area contributed by atoms with Crippen LogP contribution < -0.4 is 22.1 Å². The lowest BCUT2D eigenvalue weighted by Gasteiger charge is -2.34. The minimum atomic E-state index is -1.28. The van der Waals surface area contributed by atoms with Gasteiger partial charge in [0.25, 0.3) is 5.91 Å². The van der Waals surface area contributed by atoms with Crippen LogP contribution in [0.4, 0.5) is 19.3 Å². The number of Topliss-reactive ketones (excluding diaryl/α,β-unsaturated/α-hetero) is 1. The fraction of sp³-hybridized carbons (Fsp3) is 0.348. The standard InChI is InChI=1S/C23H26ClF2N5O3/c24-15-3-1-13(2-4-15)12-31-7-5-14(6-8-31)21(27)20(32)11-29-22(33)16-9-17(25)18(26)10-19(16)30-23(28)34/h1-4,9-10,14,21H,5-8,11-12,27H2,(H,29,33)(H3,28,30,34). The lowest BCUT2D eigenvalue weighted by molar-refractivity contribution is -0.120. The van der Waals surface area contributed by atoms with E-state index >= 15 is 0 Å². The summed E-state index contributed by atoms with van der Waals surface area (Å²) in [6, 6.07) is 7.08. The summed E-state index contributed by atoms with van der Waals surface area (Å²) in [5, 5.41) is 5.10. The van der Waals surface area contributed by atoms with Gasteiger partial charge in [0.2, 0.25) is 0 Å². The zero-order valence-corrected chi connectivity index (χ0v) is 19.1.